The standard InChI is InChI=1S/C4H2Cl6N2/c5-3(6)1-2-11(9)12(10)4(3,7)8/h1-2H. The van der Waals surface area contributed by atoms with Crippen molar-refractivity contribution in [1.29, 1.82) is 0 Å². The molecule has 0 aromatic rings. The molecule has 0 N–H and O–H groups in total. The maximum atomic E-state index is 5.73. The van der Waals surface area contributed by atoms with Crippen LogP contribution >= 0.6 is 70.0 Å². The van der Waals surface area contributed by atoms with E-state index in [1.807, 2.05) is 0 Å². The Morgan fingerprint density at radius 2 is 1.50 bits per heavy atom. The van der Waals surface area contributed by atoms with Crippen LogP contribution in [0.15, 0.2) is 12.3 Å². The van der Waals surface area contributed by atoms with Gasteiger partial charge in [-0.2, -0.15) is 0 Å². The highest BCUT2D eigenvalue weighted by Crippen LogP contribution is 2.50. The first kappa shape index (κ1) is 11.3. The molecule has 1 aliphatic heterocycles. The third-order valence-electron chi connectivity index (χ3n) is 1.21. The number of hydrazine groups is 1. The summed E-state index contributed by atoms with van der Waals surface area (Å²) in [5.41, 5.74) is 0. The first-order valence-corrected chi connectivity index (χ1v) is 4.84. The predicted molar refractivity (Wildman–Crippen MR) is 53.4 cm³/mol. The molecule has 2 nitrogen and oxygen atoms in total. The zero-order chi connectivity index (χ0) is 9.57. The van der Waals surface area contributed by atoms with Gasteiger partial charge in [0.15, 0.2) is 4.33 Å². The molecule has 0 saturated heterocycles. The maximum Gasteiger partial charge on any atom is 0.240 e. The predicted octanol–water partition coefficient (Wildman–Crippen LogP) is 3.65. The van der Waals surface area contributed by atoms with Crippen LogP contribution in [0.3, 0.4) is 0 Å². The van der Waals surface area contributed by atoms with Crippen molar-refractivity contribution in [3.05, 3.63) is 12.3 Å². The van der Waals surface area contributed by atoms with Gasteiger partial charge in [-0.3, -0.25) is 0 Å². The molecule has 0 aromatic heterocycles. The highest BCUT2D eigenvalue weighted by molar-refractivity contribution is 6.64. The third kappa shape index (κ3) is 1.71. The van der Waals surface area contributed by atoms with Crippen LogP contribution in [0.4, 0.5) is 0 Å². The van der Waals surface area contributed by atoms with Crippen molar-refractivity contribution in [2.75, 3.05) is 0 Å². The lowest BCUT2D eigenvalue weighted by Crippen LogP contribution is -2.52. The summed E-state index contributed by atoms with van der Waals surface area (Å²) in [6, 6.07) is 0. The van der Waals surface area contributed by atoms with E-state index in [1.165, 1.54) is 12.3 Å². The SMILES string of the molecule is ClN1C=CC(Cl)(Cl)C(Cl)(Cl)N1Cl. The van der Waals surface area contributed by atoms with E-state index in [0.29, 0.717) is 0 Å². The van der Waals surface area contributed by atoms with Crippen molar-refractivity contribution < 1.29 is 0 Å². The first-order chi connectivity index (χ1) is 5.29. The van der Waals surface area contributed by atoms with E-state index >= 15 is 0 Å². The van der Waals surface area contributed by atoms with Crippen LogP contribution in [-0.2, 0) is 0 Å². The molecule has 0 radical (unpaired) electrons. The van der Waals surface area contributed by atoms with E-state index in [1.54, 1.807) is 0 Å². The second kappa shape index (κ2) is 3.43. The van der Waals surface area contributed by atoms with Gasteiger partial charge < -0.3 is 0 Å². The summed E-state index contributed by atoms with van der Waals surface area (Å²) < 4.78 is -1.51. The molecule has 1 aliphatic rings. The normalized spacial score (nSPS) is 27.7. The minimum absolute atomic E-state index is 0.775. The Morgan fingerprint density at radius 1 is 1.00 bits per heavy atom. The summed E-state index contributed by atoms with van der Waals surface area (Å²) in [5.74, 6) is 0. The quantitative estimate of drug-likeness (QED) is 0.382. The molecule has 0 saturated carbocycles. The van der Waals surface area contributed by atoms with Crippen molar-refractivity contribution in [2.45, 2.75) is 8.79 Å². The third-order valence-corrected chi connectivity index (χ3v) is 4.24. The number of rotatable bonds is 0. The molecule has 0 unspecified atom stereocenters. The molecule has 12 heavy (non-hydrogen) atoms. The highest BCUT2D eigenvalue weighted by atomic mass is 35.5. The minimum Gasteiger partial charge on any atom is -0.205 e. The second-order valence-corrected chi connectivity index (χ2v) is 5.37. The average Bonchev–Trinajstić information content (AvgIpc) is 1.96. The van der Waals surface area contributed by atoms with Gasteiger partial charge in [0.2, 0.25) is 4.46 Å². The van der Waals surface area contributed by atoms with Gasteiger partial charge in [-0.05, 0) is 6.08 Å². The molecule has 1 heterocycles. The van der Waals surface area contributed by atoms with Gasteiger partial charge in [0.1, 0.15) is 0 Å². The second-order valence-electron chi connectivity index (χ2n) is 2.03. The topological polar surface area (TPSA) is 6.48 Å². The Balaban J connectivity index is 3.05. The Hall–Kier alpha value is 1.24. The minimum atomic E-state index is -1.71. The van der Waals surface area contributed by atoms with Crippen LogP contribution in [0, 0.1) is 0 Å². The van der Waals surface area contributed by atoms with Gasteiger partial charge in [-0.25, -0.2) is 4.53 Å². The molecule has 0 fully saturated rings. The fourth-order valence-corrected chi connectivity index (χ4v) is 1.64. The Morgan fingerprint density at radius 3 is 1.92 bits per heavy atom. The lowest BCUT2D eigenvalue weighted by atomic mass is 10.3. The van der Waals surface area contributed by atoms with Crippen LogP contribution in [0.5, 0.6) is 0 Å². The average molecular weight is 291 g/mol. The van der Waals surface area contributed by atoms with Gasteiger partial charge in [0.05, 0.1) is 0 Å². The Labute approximate surface area is 99.7 Å². The fourth-order valence-electron chi connectivity index (χ4n) is 0.557. The van der Waals surface area contributed by atoms with Crippen molar-refractivity contribution in [3.8, 4) is 0 Å². The maximum absolute atomic E-state index is 5.73. The molecule has 0 spiro atoms. The molecular formula is C4H2Cl6N2. The Bertz CT molecular complexity index is 214. The van der Waals surface area contributed by atoms with Crippen molar-refractivity contribution >= 4 is 70.0 Å². The van der Waals surface area contributed by atoms with E-state index in [0.717, 1.165) is 9.06 Å². The number of alkyl halides is 4. The molecular weight excluding hydrogens is 289 g/mol. The summed E-state index contributed by atoms with van der Waals surface area (Å²) in [4.78, 5) is 0. The van der Waals surface area contributed by atoms with Gasteiger partial charge in [0, 0.05) is 29.8 Å². The van der Waals surface area contributed by atoms with E-state index in [4.69, 9.17) is 70.0 Å². The van der Waals surface area contributed by atoms with E-state index in [-0.39, 0.29) is 0 Å². The van der Waals surface area contributed by atoms with Crippen molar-refractivity contribution in [2.24, 2.45) is 0 Å². The molecule has 8 heteroatoms. The summed E-state index contributed by atoms with van der Waals surface area (Å²) in [6.07, 6.45) is 2.65. The molecule has 0 atom stereocenters. The van der Waals surface area contributed by atoms with Crippen LogP contribution in [0.1, 0.15) is 0 Å². The summed E-state index contributed by atoms with van der Waals surface area (Å²) in [5, 5.41) is 0. The fraction of sp³-hybridized carbons (Fsp3) is 0.500. The lowest BCUT2D eigenvalue weighted by molar-refractivity contribution is 0.176. The monoisotopic (exact) mass is 288 g/mol. The van der Waals surface area contributed by atoms with Crippen LogP contribution in [0.2, 0.25) is 0 Å². The van der Waals surface area contributed by atoms with Crippen LogP contribution < -0.4 is 0 Å². The molecule has 0 aromatic carbocycles. The van der Waals surface area contributed by atoms with E-state index in [2.05, 4.69) is 0 Å². The zero-order valence-electron chi connectivity index (χ0n) is 5.32. The summed E-state index contributed by atoms with van der Waals surface area (Å²) in [7, 11) is 0. The lowest BCUT2D eigenvalue weighted by Gasteiger charge is -2.41. The van der Waals surface area contributed by atoms with Crippen LogP contribution in [-0.4, -0.2) is 17.8 Å². The van der Waals surface area contributed by atoms with Gasteiger partial charge in [-0.15, -0.1) is 0 Å². The molecule has 0 bridgehead atoms. The van der Waals surface area contributed by atoms with Gasteiger partial charge in [0.25, 0.3) is 0 Å². The number of halogens is 6. The van der Waals surface area contributed by atoms with Gasteiger partial charge in [-0.1, -0.05) is 50.9 Å². The first-order valence-electron chi connectivity index (χ1n) is 2.65. The molecule has 0 aliphatic carbocycles. The molecule has 1 rings (SSSR count). The number of hydrogen-bond acceptors (Lipinski definition) is 2. The molecule has 70 valence electrons. The highest BCUT2D eigenvalue weighted by Gasteiger charge is 2.54. The number of hydrogen-bond donors (Lipinski definition) is 0. The smallest absolute Gasteiger partial charge is 0.205 e. The largest absolute Gasteiger partial charge is 0.240 e. The van der Waals surface area contributed by atoms with Crippen LogP contribution in [0.25, 0.3) is 0 Å². The Kier molecular flexibility index (Phi) is 3.23. The van der Waals surface area contributed by atoms with Crippen molar-refractivity contribution in [1.82, 2.24) is 9.06 Å². The molecule has 0 amide bonds. The van der Waals surface area contributed by atoms with Crippen molar-refractivity contribution in [3.63, 3.8) is 0 Å². The van der Waals surface area contributed by atoms with Gasteiger partial charge >= 0.3 is 0 Å². The van der Waals surface area contributed by atoms with E-state index < -0.39 is 8.79 Å². The number of nitrogens with zero attached hydrogens (tertiary/aromatic N) is 2. The summed E-state index contributed by atoms with van der Waals surface area (Å²) >= 11 is 34.0. The van der Waals surface area contributed by atoms with E-state index in [9.17, 15) is 0 Å². The zero-order valence-corrected chi connectivity index (χ0v) is 9.85. The summed E-state index contributed by atoms with van der Waals surface area (Å²) in [6.45, 7) is 0.